The molecule has 2 heterocycles. The first-order valence-corrected chi connectivity index (χ1v) is 8.75. The van der Waals surface area contributed by atoms with Crippen LogP contribution in [0.5, 0.6) is 0 Å². The minimum atomic E-state index is -0.294. The van der Waals surface area contributed by atoms with Gasteiger partial charge in [0.1, 0.15) is 5.92 Å². The Kier molecular flexibility index (Phi) is 5.27. The van der Waals surface area contributed by atoms with Crippen molar-refractivity contribution in [2.45, 2.75) is 27.7 Å². The van der Waals surface area contributed by atoms with Gasteiger partial charge < -0.3 is 4.90 Å². The number of aliphatic imine (C=N–C) groups is 2. The summed E-state index contributed by atoms with van der Waals surface area (Å²) < 4.78 is 0. The number of hydrogen-bond donors (Lipinski definition) is 0. The molecule has 5 nitrogen and oxygen atoms in total. The van der Waals surface area contributed by atoms with E-state index in [2.05, 4.69) is 9.98 Å². The number of carbonyl (C=O) groups excluding carboxylic acids is 2. The third kappa shape index (κ3) is 3.40. The molecular formula is C14H19N3O2S2. The SMILES string of the molecule is CCN(CC)C(=O)CSC1=NC(=O)C2C(=N1)SC(C)=C2C. The zero-order chi connectivity index (χ0) is 15.6. The van der Waals surface area contributed by atoms with E-state index in [4.69, 9.17) is 0 Å². The Morgan fingerprint density at radius 2 is 1.95 bits per heavy atom. The first-order valence-electron chi connectivity index (χ1n) is 6.94. The zero-order valence-electron chi connectivity index (χ0n) is 12.7. The molecule has 0 saturated carbocycles. The number of rotatable bonds is 4. The highest BCUT2D eigenvalue weighted by Crippen LogP contribution is 2.40. The van der Waals surface area contributed by atoms with Gasteiger partial charge in [-0.05, 0) is 38.2 Å². The molecule has 2 amide bonds. The Balaban J connectivity index is 2.01. The van der Waals surface area contributed by atoms with Crippen LogP contribution in [-0.2, 0) is 9.59 Å². The van der Waals surface area contributed by atoms with Crippen molar-refractivity contribution in [2.75, 3.05) is 18.8 Å². The van der Waals surface area contributed by atoms with Crippen LogP contribution in [-0.4, -0.2) is 45.8 Å². The highest BCUT2D eigenvalue weighted by Gasteiger charge is 2.36. The number of allylic oxidation sites excluding steroid dienone is 1. The van der Waals surface area contributed by atoms with E-state index in [0.717, 1.165) is 15.5 Å². The minimum Gasteiger partial charge on any atom is -0.343 e. The Morgan fingerprint density at radius 1 is 1.29 bits per heavy atom. The van der Waals surface area contributed by atoms with Gasteiger partial charge in [-0.2, -0.15) is 4.99 Å². The average molecular weight is 325 g/mol. The second kappa shape index (κ2) is 6.79. The molecule has 0 spiro atoms. The Bertz CT molecular complexity index is 563. The van der Waals surface area contributed by atoms with Gasteiger partial charge in [0.25, 0.3) is 5.91 Å². The molecule has 0 fully saturated rings. The molecule has 0 N–H and O–H groups in total. The second-order valence-electron chi connectivity index (χ2n) is 4.81. The van der Waals surface area contributed by atoms with Crippen molar-refractivity contribution in [3.8, 4) is 0 Å². The summed E-state index contributed by atoms with van der Waals surface area (Å²) in [5, 5.41) is 1.20. The van der Waals surface area contributed by atoms with Gasteiger partial charge in [-0.15, -0.1) is 0 Å². The number of fused-ring (bicyclic) bond motifs is 1. The third-order valence-corrected chi connectivity index (χ3v) is 5.59. The minimum absolute atomic E-state index is 0.0482. The molecule has 0 bridgehead atoms. The second-order valence-corrected chi connectivity index (χ2v) is 6.99. The molecule has 0 aromatic rings. The molecule has 1 atom stereocenters. The van der Waals surface area contributed by atoms with Crippen LogP contribution in [0.25, 0.3) is 0 Å². The molecule has 0 radical (unpaired) electrons. The summed E-state index contributed by atoms with van der Waals surface area (Å²) in [6, 6.07) is 0. The zero-order valence-corrected chi connectivity index (χ0v) is 14.3. The maximum Gasteiger partial charge on any atom is 0.262 e. The molecule has 1 unspecified atom stereocenters. The van der Waals surface area contributed by atoms with Crippen LogP contribution in [0.15, 0.2) is 20.5 Å². The molecule has 21 heavy (non-hydrogen) atoms. The maximum absolute atomic E-state index is 12.1. The number of nitrogens with zero attached hydrogens (tertiary/aromatic N) is 3. The molecule has 0 aliphatic carbocycles. The van der Waals surface area contributed by atoms with Gasteiger partial charge in [-0.3, -0.25) is 9.59 Å². The summed E-state index contributed by atoms with van der Waals surface area (Å²) in [6.45, 7) is 9.22. The quantitative estimate of drug-likeness (QED) is 0.797. The molecule has 2 aliphatic rings. The lowest BCUT2D eigenvalue weighted by Crippen LogP contribution is -2.32. The van der Waals surface area contributed by atoms with Crippen molar-refractivity contribution in [3.63, 3.8) is 0 Å². The molecule has 114 valence electrons. The fraction of sp³-hybridized carbons (Fsp3) is 0.571. The van der Waals surface area contributed by atoms with Crippen LogP contribution in [0.2, 0.25) is 0 Å². The van der Waals surface area contributed by atoms with E-state index in [9.17, 15) is 9.59 Å². The van der Waals surface area contributed by atoms with Gasteiger partial charge in [0.2, 0.25) is 5.91 Å². The Morgan fingerprint density at radius 3 is 2.57 bits per heavy atom. The molecular weight excluding hydrogens is 306 g/mol. The highest BCUT2D eigenvalue weighted by atomic mass is 32.2. The van der Waals surface area contributed by atoms with Crippen molar-refractivity contribution in [1.82, 2.24) is 4.90 Å². The van der Waals surface area contributed by atoms with E-state index >= 15 is 0 Å². The van der Waals surface area contributed by atoms with E-state index in [1.165, 1.54) is 23.5 Å². The first kappa shape index (κ1) is 16.3. The van der Waals surface area contributed by atoms with Crippen LogP contribution in [0.4, 0.5) is 0 Å². The lowest BCUT2D eigenvalue weighted by atomic mass is 10.0. The summed E-state index contributed by atoms with van der Waals surface area (Å²) in [5.74, 6) is -0.143. The van der Waals surface area contributed by atoms with E-state index in [0.29, 0.717) is 18.3 Å². The van der Waals surface area contributed by atoms with Crippen molar-refractivity contribution in [3.05, 3.63) is 10.5 Å². The van der Waals surface area contributed by atoms with Crippen molar-refractivity contribution in [2.24, 2.45) is 15.9 Å². The number of carbonyl (C=O) groups is 2. The largest absolute Gasteiger partial charge is 0.343 e. The number of amidine groups is 1. The summed E-state index contributed by atoms with van der Waals surface area (Å²) in [6.07, 6.45) is 0. The van der Waals surface area contributed by atoms with Crippen molar-refractivity contribution >= 4 is 45.5 Å². The smallest absolute Gasteiger partial charge is 0.262 e. The summed E-state index contributed by atoms with van der Waals surface area (Å²) in [5.41, 5.74) is 1.04. The maximum atomic E-state index is 12.1. The van der Waals surface area contributed by atoms with E-state index in [1.807, 2.05) is 27.7 Å². The fourth-order valence-electron chi connectivity index (χ4n) is 2.20. The van der Waals surface area contributed by atoms with Crippen LogP contribution < -0.4 is 0 Å². The molecule has 0 aromatic heterocycles. The summed E-state index contributed by atoms with van der Waals surface area (Å²) in [7, 11) is 0. The van der Waals surface area contributed by atoms with E-state index < -0.39 is 0 Å². The number of thioether (sulfide) groups is 2. The van der Waals surface area contributed by atoms with Crippen LogP contribution in [0.1, 0.15) is 27.7 Å². The number of amides is 2. The van der Waals surface area contributed by atoms with Gasteiger partial charge in [0.15, 0.2) is 5.17 Å². The van der Waals surface area contributed by atoms with Gasteiger partial charge in [-0.25, -0.2) is 4.99 Å². The topological polar surface area (TPSA) is 62.1 Å². The standard InChI is InChI=1S/C14H19N3O2S2/c1-5-17(6-2)10(18)7-20-14-15-12(19)11-8(3)9(4)21-13(11)16-14/h11H,5-7H2,1-4H3. The molecule has 0 aromatic carbocycles. The third-order valence-electron chi connectivity index (χ3n) is 3.59. The predicted molar refractivity (Wildman–Crippen MR) is 89.7 cm³/mol. The molecule has 7 heteroatoms. The fourth-order valence-corrected chi connectivity index (χ4v) is 4.13. The number of hydrogen-bond acceptors (Lipinski definition) is 5. The molecule has 2 aliphatic heterocycles. The monoisotopic (exact) mass is 325 g/mol. The Hall–Kier alpha value is -1.08. The summed E-state index contributed by atoms with van der Waals surface area (Å²) in [4.78, 5) is 35.4. The molecule has 0 saturated heterocycles. The lowest BCUT2D eigenvalue weighted by Gasteiger charge is -2.19. The van der Waals surface area contributed by atoms with Gasteiger partial charge >= 0.3 is 0 Å². The van der Waals surface area contributed by atoms with E-state index in [1.54, 1.807) is 4.90 Å². The van der Waals surface area contributed by atoms with Crippen LogP contribution in [0, 0.1) is 5.92 Å². The summed E-state index contributed by atoms with van der Waals surface area (Å²) >= 11 is 2.77. The highest BCUT2D eigenvalue weighted by molar-refractivity contribution is 8.18. The van der Waals surface area contributed by atoms with Gasteiger partial charge in [-0.1, -0.05) is 23.5 Å². The van der Waals surface area contributed by atoms with Gasteiger partial charge in [0, 0.05) is 13.1 Å². The van der Waals surface area contributed by atoms with Crippen molar-refractivity contribution < 1.29 is 9.59 Å². The normalized spacial score (nSPS) is 21.1. The van der Waals surface area contributed by atoms with Crippen molar-refractivity contribution in [1.29, 1.82) is 0 Å². The van der Waals surface area contributed by atoms with Gasteiger partial charge in [0.05, 0.1) is 10.8 Å². The first-order chi connectivity index (χ1) is 9.97. The van der Waals surface area contributed by atoms with E-state index in [-0.39, 0.29) is 23.5 Å². The lowest BCUT2D eigenvalue weighted by molar-refractivity contribution is -0.128. The average Bonchev–Trinajstić information content (AvgIpc) is 2.73. The van der Waals surface area contributed by atoms with Crippen LogP contribution >= 0.6 is 23.5 Å². The van der Waals surface area contributed by atoms with Crippen LogP contribution in [0.3, 0.4) is 0 Å². The molecule has 2 rings (SSSR count). The Labute approximate surface area is 133 Å². The predicted octanol–water partition coefficient (Wildman–Crippen LogP) is 2.54.